The lowest BCUT2D eigenvalue weighted by atomic mass is 10.3. The monoisotopic (exact) mass is 361 g/mol. The van der Waals surface area contributed by atoms with Crippen LogP contribution in [0.3, 0.4) is 0 Å². The number of thiazole rings is 1. The van der Waals surface area contributed by atoms with Crippen molar-refractivity contribution in [3.63, 3.8) is 0 Å². The van der Waals surface area contributed by atoms with Crippen molar-refractivity contribution in [2.24, 2.45) is 0 Å². The lowest BCUT2D eigenvalue weighted by Gasteiger charge is -2.34. The molecule has 0 radical (unpaired) electrons. The molecule has 1 fully saturated rings. The Labute approximate surface area is 148 Å². The first-order valence-electron chi connectivity index (χ1n) is 7.65. The maximum absolute atomic E-state index is 6.23. The number of ether oxygens (including phenoxy) is 1. The molecule has 2 aromatic heterocycles. The predicted octanol–water partition coefficient (Wildman–Crippen LogP) is 3.07. The third-order valence-electron chi connectivity index (χ3n) is 4.04. The molecule has 24 heavy (non-hydrogen) atoms. The molecule has 0 amide bonds. The van der Waals surface area contributed by atoms with Gasteiger partial charge in [0.15, 0.2) is 10.9 Å². The minimum Gasteiger partial charge on any atom is -0.494 e. The van der Waals surface area contributed by atoms with E-state index in [1.807, 2.05) is 12.1 Å². The highest BCUT2D eigenvalue weighted by molar-refractivity contribution is 7.22. The van der Waals surface area contributed by atoms with Crippen LogP contribution >= 0.6 is 22.9 Å². The Bertz CT molecular complexity index is 845. The van der Waals surface area contributed by atoms with Gasteiger partial charge in [-0.2, -0.15) is 0 Å². The van der Waals surface area contributed by atoms with E-state index < -0.39 is 0 Å². The number of aromatic nitrogens is 3. The molecule has 1 aliphatic rings. The first kappa shape index (κ1) is 15.4. The van der Waals surface area contributed by atoms with E-state index in [0.29, 0.717) is 10.8 Å². The first-order chi connectivity index (χ1) is 11.7. The molecule has 4 rings (SSSR count). The van der Waals surface area contributed by atoms with Crippen molar-refractivity contribution in [2.45, 2.75) is 0 Å². The second-order valence-corrected chi connectivity index (χ2v) is 6.90. The van der Waals surface area contributed by atoms with Crippen LogP contribution in [0, 0.1) is 0 Å². The van der Waals surface area contributed by atoms with Crippen LogP contribution < -0.4 is 14.5 Å². The average Bonchev–Trinajstić information content (AvgIpc) is 3.08. The summed E-state index contributed by atoms with van der Waals surface area (Å²) in [5.74, 6) is 1.41. The number of fused-ring (bicyclic) bond motifs is 1. The molecular weight excluding hydrogens is 346 g/mol. The summed E-state index contributed by atoms with van der Waals surface area (Å²) in [7, 11) is 1.61. The van der Waals surface area contributed by atoms with E-state index in [-0.39, 0.29) is 0 Å². The van der Waals surface area contributed by atoms with E-state index in [4.69, 9.17) is 21.3 Å². The molecule has 0 spiro atoms. The number of benzene rings is 1. The Hall–Kier alpha value is -2.12. The summed E-state index contributed by atoms with van der Waals surface area (Å²) in [5.41, 5.74) is 0.889. The van der Waals surface area contributed by atoms with Gasteiger partial charge in [0.1, 0.15) is 5.52 Å². The van der Waals surface area contributed by atoms with Gasteiger partial charge in [0.05, 0.1) is 29.2 Å². The van der Waals surface area contributed by atoms with Crippen molar-refractivity contribution in [3.8, 4) is 5.75 Å². The van der Waals surface area contributed by atoms with Gasteiger partial charge in [-0.3, -0.25) is 0 Å². The number of hydrogen-bond acceptors (Lipinski definition) is 7. The number of rotatable bonds is 3. The van der Waals surface area contributed by atoms with Crippen molar-refractivity contribution in [1.82, 2.24) is 15.0 Å². The minimum atomic E-state index is 0.670. The van der Waals surface area contributed by atoms with Crippen molar-refractivity contribution < 1.29 is 4.74 Å². The highest BCUT2D eigenvalue weighted by Crippen LogP contribution is 2.33. The molecule has 6 nitrogen and oxygen atoms in total. The van der Waals surface area contributed by atoms with Gasteiger partial charge in [0.2, 0.25) is 5.95 Å². The molecule has 0 N–H and O–H groups in total. The molecule has 1 aromatic carbocycles. The molecule has 0 saturated carbocycles. The Kier molecular flexibility index (Phi) is 4.12. The van der Waals surface area contributed by atoms with Crippen LogP contribution in [0.5, 0.6) is 5.75 Å². The molecule has 1 saturated heterocycles. The van der Waals surface area contributed by atoms with E-state index in [0.717, 1.165) is 47.5 Å². The SMILES string of the molecule is COc1cnc(N2CCN(c3nc4c(Cl)cccc4s3)CC2)nc1. The quantitative estimate of drug-likeness (QED) is 0.714. The number of hydrogen-bond donors (Lipinski definition) is 0. The van der Waals surface area contributed by atoms with Crippen LogP contribution in [-0.4, -0.2) is 48.2 Å². The molecule has 0 bridgehead atoms. The molecule has 0 unspecified atom stereocenters. The Morgan fingerprint density at radius 3 is 2.46 bits per heavy atom. The summed E-state index contributed by atoms with van der Waals surface area (Å²) in [6, 6.07) is 5.90. The van der Waals surface area contributed by atoms with Crippen molar-refractivity contribution in [2.75, 3.05) is 43.1 Å². The lowest BCUT2D eigenvalue weighted by Crippen LogP contribution is -2.47. The number of halogens is 1. The van der Waals surface area contributed by atoms with Crippen molar-refractivity contribution in [1.29, 1.82) is 0 Å². The Balaban J connectivity index is 1.47. The number of nitrogens with zero attached hydrogens (tertiary/aromatic N) is 5. The zero-order valence-corrected chi connectivity index (χ0v) is 14.7. The third kappa shape index (κ3) is 2.85. The molecule has 1 aliphatic heterocycles. The topological polar surface area (TPSA) is 54.4 Å². The number of piperazine rings is 1. The Morgan fingerprint density at radius 2 is 1.79 bits per heavy atom. The van der Waals surface area contributed by atoms with Crippen LogP contribution in [0.4, 0.5) is 11.1 Å². The summed E-state index contributed by atoms with van der Waals surface area (Å²) in [4.78, 5) is 17.9. The number of para-hydroxylation sites is 1. The Morgan fingerprint density at radius 1 is 1.08 bits per heavy atom. The fourth-order valence-corrected chi connectivity index (χ4v) is 4.03. The summed E-state index contributed by atoms with van der Waals surface area (Å²) < 4.78 is 6.22. The smallest absolute Gasteiger partial charge is 0.225 e. The van der Waals surface area contributed by atoms with Gasteiger partial charge < -0.3 is 14.5 Å². The summed E-state index contributed by atoms with van der Waals surface area (Å²) in [6.07, 6.45) is 3.40. The fourth-order valence-electron chi connectivity index (χ4n) is 2.71. The first-order valence-corrected chi connectivity index (χ1v) is 8.85. The van der Waals surface area contributed by atoms with E-state index >= 15 is 0 Å². The van der Waals surface area contributed by atoms with Crippen LogP contribution in [-0.2, 0) is 0 Å². The molecule has 0 aliphatic carbocycles. The van der Waals surface area contributed by atoms with Crippen LogP contribution in [0.15, 0.2) is 30.6 Å². The summed E-state index contributed by atoms with van der Waals surface area (Å²) in [5, 5.41) is 1.73. The van der Waals surface area contributed by atoms with Gasteiger partial charge >= 0.3 is 0 Å². The molecule has 8 heteroatoms. The maximum Gasteiger partial charge on any atom is 0.225 e. The highest BCUT2D eigenvalue weighted by atomic mass is 35.5. The standard InChI is InChI=1S/C16H16ClN5OS/c1-23-11-9-18-15(19-10-11)21-5-7-22(8-6-21)16-20-14-12(17)3-2-4-13(14)24-16/h2-4,9-10H,5-8H2,1H3. The van der Waals surface area contributed by atoms with Gasteiger partial charge in [-0.15, -0.1) is 0 Å². The second kappa shape index (κ2) is 6.41. The zero-order chi connectivity index (χ0) is 16.5. The highest BCUT2D eigenvalue weighted by Gasteiger charge is 2.21. The van der Waals surface area contributed by atoms with E-state index in [1.54, 1.807) is 30.8 Å². The number of anilines is 2. The van der Waals surface area contributed by atoms with Gasteiger partial charge in [-0.1, -0.05) is 29.0 Å². The third-order valence-corrected chi connectivity index (χ3v) is 5.43. The zero-order valence-electron chi connectivity index (χ0n) is 13.1. The summed E-state index contributed by atoms with van der Waals surface area (Å²) in [6.45, 7) is 3.48. The van der Waals surface area contributed by atoms with Gasteiger partial charge in [-0.25, -0.2) is 15.0 Å². The largest absolute Gasteiger partial charge is 0.494 e. The van der Waals surface area contributed by atoms with Crippen molar-refractivity contribution in [3.05, 3.63) is 35.6 Å². The lowest BCUT2D eigenvalue weighted by molar-refractivity contribution is 0.410. The molecule has 124 valence electrons. The van der Waals surface area contributed by atoms with Gasteiger partial charge in [0, 0.05) is 26.2 Å². The molecule has 3 aromatic rings. The van der Waals surface area contributed by atoms with Gasteiger partial charge in [0.25, 0.3) is 0 Å². The summed E-state index contributed by atoms with van der Waals surface area (Å²) >= 11 is 7.91. The van der Waals surface area contributed by atoms with E-state index in [1.165, 1.54) is 0 Å². The van der Waals surface area contributed by atoms with Crippen molar-refractivity contribution >= 4 is 44.2 Å². The fraction of sp³-hybridized carbons (Fsp3) is 0.312. The van der Waals surface area contributed by atoms with Gasteiger partial charge in [-0.05, 0) is 12.1 Å². The van der Waals surface area contributed by atoms with E-state index in [2.05, 4.69) is 25.8 Å². The van der Waals surface area contributed by atoms with Crippen LogP contribution in [0.1, 0.15) is 0 Å². The molecule has 0 atom stereocenters. The second-order valence-electron chi connectivity index (χ2n) is 5.48. The minimum absolute atomic E-state index is 0.670. The maximum atomic E-state index is 6.23. The average molecular weight is 362 g/mol. The molecular formula is C16H16ClN5OS. The van der Waals surface area contributed by atoms with Crippen LogP contribution in [0.25, 0.3) is 10.2 Å². The van der Waals surface area contributed by atoms with Crippen LogP contribution in [0.2, 0.25) is 5.02 Å². The molecule has 3 heterocycles. The number of methoxy groups -OCH3 is 1. The predicted molar refractivity (Wildman–Crippen MR) is 97.6 cm³/mol. The normalized spacial score (nSPS) is 15.1. The van der Waals surface area contributed by atoms with E-state index in [9.17, 15) is 0 Å².